The standard InChI is InChI=1S/C11H16O3/c1-2-14-11(13)10(12)9-7-5-3-4-6-8-9/h7H,2-6,8H2,1H3. The van der Waals surface area contributed by atoms with Gasteiger partial charge in [0, 0.05) is 5.57 Å². The van der Waals surface area contributed by atoms with Crippen molar-refractivity contribution in [2.45, 2.75) is 39.0 Å². The molecule has 0 aromatic carbocycles. The highest BCUT2D eigenvalue weighted by atomic mass is 16.5. The lowest BCUT2D eigenvalue weighted by Gasteiger charge is -2.03. The topological polar surface area (TPSA) is 43.4 Å². The summed E-state index contributed by atoms with van der Waals surface area (Å²) < 4.78 is 4.67. The van der Waals surface area contributed by atoms with Gasteiger partial charge in [-0.15, -0.1) is 0 Å². The van der Waals surface area contributed by atoms with Crippen LogP contribution in [0.3, 0.4) is 0 Å². The number of carbonyl (C=O) groups is 2. The summed E-state index contributed by atoms with van der Waals surface area (Å²) in [5.41, 5.74) is 0.640. The maximum Gasteiger partial charge on any atom is 0.379 e. The first-order valence-electron chi connectivity index (χ1n) is 5.16. The quantitative estimate of drug-likeness (QED) is 0.512. The summed E-state index contributed by atoms with van der Waals surface area (Å²) in [7, 11) is 0. The molecule has 14 heavy (non-hydrogen) atoms. The van der Waals surface area contributed by atoms with Gasteiger partial charge in [0.2, 0.25) is 0 Å². The minimum atomic E-state index is -0.708. The van der Waals surface area contributed by atoms with E-state index in [2.05, 4.69) is 4.74 Å². The molecular formula is C11H16O3. The van der Waals surface area contributed by atoms with Crippen molar-refractivity contribution in [1.29, 1.82) is 0 Å². The van der Waals surface area contributed by atoms with Gasteiger partial charge in [0.15, 0.2) is 0 Å². The van der Waals surface area contributed by atoms with Gasteiger partial charge in [-0.3, -0.25) is 4.79 Å². The normalized spacial score (nSPS) is 16.8. The minimum Gasteiger partial charge on any atom is -0.460 e. The summed E-state index contributed by atoms with van der Waals surface area (Å²) in [5, 5.41) is 0. The van der Waals surface area contributed by atoms with Crippen molar-refractivity contribution >= 4 is 11.8 Å². The molecule has 0 bridgehead atoms. The molecule has 0 saturated carbocycles. The molecule has 0 aromatic heterocycles. The van der Waals surface area contributed by atoms with Gasteiger partial charge in [0.25, 0.3) is 5.78 Å². The van der Waals surface area contributed by atoms with Crippen LogP contribution in [-0.2, 0) is 14.3 Å². The number of carbonyl (C=O) groups excluding carboxylic acids is 2. The lowest BCUT2D eigenvalue weighted by atomic mass is 10.1. The van der Waals surface area contributed by atoms with Gasteiger partial charge in [-0.25, -0.2) is 4.79 Å². The fourth-order valence-electron chi connectivity index (χ4n) is 1.55. The van der Waals surface area contributed by atoms with Crippen LogP contribution in [0, 0.1) is 0 Å². The van der Waals surface area contributed by atoms with Gasteiger partial charge in [0.05, 0.1) is 6.61 Å². The van der Waals surface area contributed by atoms with E-state index < -0.39 is 11.8 Å². The lowest BCUT2D eigenvalue weighted by Crippen LogP contribution is -2.19. The number of esters is 1. The Morgan fingerprint density at radius 1 is 1.36 bits per heavy atom. The van der Waals surface area contributed by atoms with Crippen LogP contribution in [0.4, 0.5) is 0 Å². The van der Waals surface area contributed by atoms with Crippen LogP contribution in [-0.4, -0.2) is 18.4 Å². The Morgan fingerprint density at radius 3 is 2.86 bits per heavy atom. The molecule has 1 rings (SSSR count). The van der Waals surface area contributed by atoms with E-state index in [1.807, 2.05) is 6.08 Å². The Balaban J connectivity index is 2.57. The zero-order chi connectivity index (χ0) is 10.4. The number of rotatable bonds is 3. The first-order chi connectivity index (χ1) is 6.75. The summed E-state index contributed by atoms with van der Waals surface area (Å²) in [6.45, 7) is 1.96. The van der Waals surface area contributed by atoms with Crippen LogP contribution < -0.4 is 0 Å². The molecule has 0 aliphatic heterocycles. The van der Waals surface area contributed by atoms with Gasteiger partial charge >= 0.3 is 5.97 Å². The van der Waals surface area contributed by atoms with Crippen LogP contribution in [0.2, 0.25) is 0 Å². The van der Waals surface area contributed by atoms with E-state index in [1.54, 1.807) is 6.92 Å². The highest BCUT2D eigenvalue weighted by Gasteiger charge is 2.20. The van der Waals surface area contributed by atoms with Crippen molar-refractivity contribution in [2.24, 2.45) is 0 Å². The summed E-state index contributed by atoms with van der Waals surface area (Å²) in [6, 6.07) is 0. The van der Waals surface area contributed by atoms with E-state index in [4.69, 9.17) is 0 Å². The highest BCUT2D eigenvalue weighted by molar-refractivity contribution is 6.40. The van der Waals surface area contributed by atoms with Crippen molar-refractivity contribution in [1.82, 2.24) is 0 Å². The van der Waals surface area contributed by atoms with Crippen LogP contribution in [0.1, 0.15) is 39.0 Å². The first-order valence-corrected chi connectivity index (χ1v) is 5.16. The average Bonchev–Trinajstić information content (AvgIpc) is 2.45. The SMILES string of the molecule is CCOC(=O)C(=O)C1=CCCCCC1. The summed E-state index contributed by atoms with van der Waals surface area (Å²) in [4.78, 5) is 22.6. The Labute approximate surface area is 84.1 Å². The number of ether oxygens (including phenoxy) is 1. The van der Waals surface area contributed by atoms with E-state index in [-0.39, 0.29) is 6.61 Å². The van der Waals surface area contributed by atoms with E-state index in [1.165, 1.54) is 0 Å². The van der Waals surface area contributed by atoms with Crippen molar-refractivity contribution < 1.29 is 14.3 Å². The van der Waals surface area contributed by atoms with Crippen LogP contribution in [0.5, 0.6) is 0 Å². The second-order valence-electron chi connectivity index (χ2n) is 3.38. The molecule has 0 N–H and O–H groups in total. The lowest BCUT2D eigenvalue weighted by molar-refractivity contribution is -0.151. The fraction of sp³-hybridized carbons (Fsp3) is 0.636. The number of Topliss-reactive ketones (excluding diaryl/α,β-unsaturated/α-hetero) is 1. The van der Waals surface area contributed by atoms with Crippen molar-refractivity contribution in [2.75, 3.05) is 6.61 Å². The van der Waals surface area contributed by atoms with E-state index in [9.17, 15) is 9.59 Å². The van der Waals surface area contributed by atoms with Crippen LogP contribution in [0.15, 0.2) is 11.6 Å². The molecule has 3 heteroatoms. The van der Waals surface area contributed by atoms with Crippen LogP contribution >= 0.6 is 0 Å². The zero-order valence-electron chi connectivity index (χ0n) is 8.54. The average molecular weight is 196 g/mol. The van der Waals surface area contributed by atoms with Gasteiger partial charge in [-0.05, 0) is 32.6 Å². The molecule has 0 aromatic rings. The van der Waals surface area contributed by atoms with E-state index >= 15 is 0 Å². The summed E-state index contributed by atoms with van der Waals surface area (Å²) in [6.07, 6.45) is 6.75. The Morgan fingerprint density at radius 2 is 2.14 bits per heavy atom. The predicted molar refractivity (Wildman–Crippen MR) is 52.8 cm³/mol. The molecule has 0 spiro atoms. The molecule has 1 aliphatic carbocycles. The number of allylic oxidation sites excluding steroid dienone is 1. The van der Waals surface area contributed by atoms with E-state index in [0.29, 0.717) is 5.57 Å². The molecule has 0 unspecified atom stereocenters. The second-order valence-corrected chi connectivity index (χ2v) is 3.38. The molecule has 3 nitrogen and oxygen atoms in total. The molecule has 0 atom stereocenters. The molecule has 0 amide bonds. The third kappa shape index (κ3) is 2.98. The number of hydrogen-bond acceptors (Lipinski definition) is 3. The Hall–Kier alpha value is -1.12. The van der Waals surface area contributed by atoms with Gasteiger partial charge in [-0.1, -0.05) is 12.5 Å². The molecule has 0 fully saturated rings. The molecule has 0 radical (unpaired) electrons. The molecule has 78 valence electrons. The van der Waals surface area contributed by atoms with Crippen molar-refractivity contribution in [3.63, 3.8) is 0 Å². The van der Waals surface area contributed by atoms with Gasteiger partial charge in [0.1, 0.15) is 0 Å². The second kappa shape index (κ2) is 5.58. The minimum absolute atomic E-state index is 0.262. The molecule has 0 saturated heterocycles. The monoisotopic (exact) mass is 196 g/mol. The highest BCUT2D eigenvalue weighted by Crippen LogP contribution is 2.18. The van der Waals surface area contributed by atoms with Gasteiger partial charge < -0.3 is 4.74 Å². The third-order valence-corrected chi connectivity index (χ3v) is 2.29. The van der Waals surface area contributed by atoms with Crippen LogP contribution in [0.25, 0.3) is 0 Å². The van der Waals surface area contributed by atoms with E-state index in [0.717, 1.165) is 32.1 Å². The van der Waals surface area contributed by atoms with Crippen molar-refractivity contribution in [3.8, 4) is 0 Å². The van der Waals surface area contributed by atoms with Crippen molar-refractivity contribution in [3.05, 3.63) is 11.6 Å². The van der Waals surface area contributed by atoms with Gasteiger partial charge in [-0.2, -0.15) is 0 Å². The smallest absolute Gasteiger partial charge is 0.379 e. The summed E-state index contributed by atoms with van der Waals surface area (Å²) >= 11 is 0. The third-order valence-electron chi connectivity index (χ3n) is 2.29. The molecule has 0 heterocycles. The number of hydrogen-bond donors (Lipinski definition) is 0. The fourth-order valence-corrected chi connectivity index (χ4v) is 1.55. The summed E-state index contributed by atoms with van der Waals surface area (Å²) in [5.74, 6) is -1.16. The predicted octanol–water partition coefficient (Wildman–Crippen LogP) is 2.01. The Bertz CT molecular complexity index is 253. The molecular weight excluding hydrogens is 180 g/mol. The largest absolute Gasteiger partial charge is 0.460 e. The maximum atomic E-state index is 11.5. The first kappa shape index (κ1) is 11.0. The zero-order valence-corrected chi connectivity index (χ0v) is 8.54. The Kier molecular flexibility index (Phi) is 4.36. The maximum absolute atomic E-state index is 11.5. The number of ketones is 1. The molecule has 1 aliphatic rings.